The molecule has 0 saturated heterocycles. The molecule has 0 unspecified atom stereocenters. The van der Waals surface area contributed by atoms with Gasteiger partial charge in [-0.3, -0.25) is 4.79 Å². The van der Waals surface area contributed by atoms with Crippen molar-refractivity contribution in [1.82, 2.24) is 0 Å². The van der Waals surface area contributed by atoms with Crippen molar-refractivity contribution in [3.8, 4) is 5.75 Å². The highest BCUT2D eigenvalue weighted by Crippen LogP contribution is 2.20. The van der Waals surface area contributed by atoms with Crippen molar-refractivity contribution in [3.63, 3.8) is 0 Å². The predicted molar refractivity (Wildman–Crippen MR) is 124 cm³/mol. The normalized spacial score (nSPS) is 10.8. The summed E-state index contributed by atoms with van der Waals surface area (Å²) in [5, 5.41) is 9.23. The molecule has 0 bridgehead atoms. The highest BCUT2D eigenvalue weighted by Gasteiger charge is 2.12. The van der Waals surface area contributed by atoms with Gasteiger partial charge >= 0.3 is 5.97 Å². The van der Waals surface area contributed by atoms with Gasteiger partial charge in [-0.15, -0.1) is 0 Å². The molecule has 0 amide bonds. The number of aldehydes is 1. The SMILES string of the molecule is CCCCCCCCCCCCCCCCCCOc1ccc(C=O)cc1C(=O)O. The number of carbonyl (C=O) groups excluding carboxylic acids is 1. The maximum Gasteiger partial charge on any atom is 0.339 e. The third-order valence-electron chi connectivity index (χ3n) is 5.63. The van der Waals surface area contributed by atoms with Crippen LogP contribution in [0.4, 0.5) is 0 Å². The zero-order valence-corrected chi connectivity index (χ0v) is 19.0. The molecule has 1 rings (SSSR count). The Labute approximate surface area is 183 Å². The summed E-state index contributed by atoms with van der Waals surface area (Å²) in [4.78, 5) is 22.1. The molecule has 0 fully saturated rings. The zero-order chi connectivity index (χ0) is 21.9. The van der Waals surface area contributed by atoms with Crippen LogP contribution in [0.2, 0.25) is 0 Å². The smallest absolute Gasteiger partial charge is 0.339 e. The second kappa shape index (κ2) is 18.0. The van der Waals surface area contributed by atoms with E-state index in [2.05, 4.69) is 6.92 Å². The standard InChI is InChI=1S/C26H42O4/c1-2-3-4-5-6-7-8-9-10-11-12-13-14-15-16-17-20-30-25-19-18-23(22-27)21-24(25)26(28)29/h18-19,21-22H,2-17,20H2,1H3,(H,28,29). The number of ether oxygens (including phenoxy) is 1. The number of carboxylic acids is 1. The van der Waals surface area contributed by atoms with Crippen molar-refractivity contribution in [2.45, 2.75) is 110 Å². The minimum Gasteiger partial charge on any atom is -0.493 e. The third-order valence-corrected chi connectivity index (χ3v) is 5.63. The second-order valence-electron chi connectivity index (χ2n) is 8.33. The number of aromatic carboxylic acids is 1. The lowest BCUT2D eigenvalue weighted by molar-refractivity contribution is 0.0692. The monoisotopic (exact) mass is 418 g/mol. The largest absolute Gasteiger partial charge is 0.493 e. The molecule has 0 aliphatic carbocycles. The Morgan fingerprint density at radius 1 is 0.800 bits per heavy atom. The van der Waals surface area contributed by atoms with Crippen molar-refractivity contribution in [2.24, 2.45) is 0 Å². The molecule has 4 heteroatoms. The van der Waals surface area contributed by atoms with E-state index in [0.29, 0.717) is 24.2 Å². The van der Waals surface area contributed by atoms with Crippen molar-refractivity contribution in [3.05, 3.63) is 29.3 Å². The number of hydrogen-bond acceptors (Lipinski definition) is 3. The van der Waals surface area contributed by atoms with Gasteiger partial charge in [0.15, 0.2) is 0 Å². The minimum atomic E-state index is -1.07. The van der Waals surface area contributed by atoms with Crippen LogP contribution in [0.15, 0.2) is 18.2 Å². The van der Waals surface area contributed by atoms with Gasteiger partial charge in [-0.05, 0) is 24.6 Å². The Kier molecular flexibility index (Phi) is 15.7. The van der Waals surface area contributed by atoms with Crippen LogP contribution in [0, 0.1) is 0 Å². The van der Waals surface area contributed by atoms with E-state index >= 15 is 0 Å². The number of unbranched alkanes of at least 4 members (excludes halogenated alkanes) is 15. The molecule has 1 aromatic rings. The first-order valence-electron chi connectivity index (χ1n) is 12.1. The summed E-state index contributed by atoms with van der Waals surface area (Å²) in [6, 6.07) is 4.51. The molecule has 4 nitrogen and oxygen atoms in total. The summed E-state index contributed by atoms with van der Waals surface area (Å²) in [6.07, 6.45) is 21.8. The molecular formula is C26H42O4. The zero-order valence-electron chi connectivity index (χ0n) is 19.0. The summed E-state index contributed by atoms with van der Waals surface area (Å²) >= 11 is 0. The fourth-order valence-electron chi connectivity index (χ4n) is 3.75. The van der Waals surface area contributed by atoms with E-state index in [1.165, 1.54) is 96.0 Å². The van der Waals surface area contributed by atoms with E-state index in [1.54, 1.807) is 12.1 Å². The van der Waals surface area contributed by atoms with Crippen molar-refractivity contribution in [1.29, 1.82) is 0 Å². The first kappa shape index (κ1) is 26.2. The van der Waals surface area contributed by atoms with Gasteiger partial charge in [-0.25, -0.2) is 4.79 Å². The predicted octanol–water partition coefficient (Wildman–Crippen LogP) is 7.84. The lowest BCUT2D eigenvalue weighted by Gasteiger charge is -2.09. The first-order valence-corrected chi connectivity index (χ1v) is 12.1. The molecule has 1 aromatic carbocycles. The van der Waals surface area contributed by atoms with Gasteiger partial charge in [-0.1, -0.05) is 103 Å². The topological polar surface area (TPSA) is 63.6 Å². The number of rotatable bonds is 20. The molecule has 0 aliphatic heterocycles. The third kappa shape index (κ3) is 12.7. The van der Waals surface area contributed by atoms with E-state index in [1.807, 2.05) is 0 Å². The van der Waals surface area contributed by atoms with Crippen LogP contribution in [0.25, 0.3) is 0 Å². The van der Waals surface area contributed by atoms with Gasteiger partial charge in [0.25, 0.3) is 0 Å². The maximum atomic E-state index is 11.3. The number of hydrogen-bond donors (Lipinski definition) is 1. The number of benzene rings is 1. The van der Waals surface area contributed by atoms with Crippen molar-refractivity contribution < 1.29 is 19.4 Å². The first-order chi connectivity index (χ1) is 14.7. The molecule has 0 spiro atoms. The summed E-state index contributed by atoms with van der Waals surface area (Å²) in [7, 11) is 0. The van der Waals surface area contributed by atoms with Gasteiger partial charge < -0.3 is 9.84 Å². The van der Waals surface area contributed by atoms with Crippen LogP contribution in [0.5, 0.6) is 5.75 Å². The molecule has 0 saturated carbocycles. The van der Waals surface area contributed by atoms with Crippen molar-refractivity contribution in [2.75, 3.05) is 6.61 Å². The fourth-order valence-corrected chi connectivity index (χ4v) is 3.75. The van der Waals surface area contributed by atoms with Crippen LogP contribution < -0.4 is 4.74 Å². The van der Waals surface area contributed by atoms with Crippen LogP contribution in [0.1, 0.15) is 130 Å². The van der Waals surface area contributed by atoms with Crippen molar-refractivity contribution >= 4 is 12.3 Å². The Balaban J connectivity index is 1.93. The van der Waals surface area contributed by atoms with Crippen LogP contribution in [-0.2, 0) is 0 Å². The van der Waals surface area contributed by atoms with Gasteiger partial charge in [-0.2, -0.15) is 0 Å². The Hall–Kier alpha value is -1.84. The van der Waals surface area contributed by atoms with Gasteiger partial charge in [0, 0.05) is 5.56 Å². The Bertz CT molecular complexity index is 582. The highest BCUT2D eigenvalue weighted by atomic mass is 16.5. The van der Waals surface area contributed by atoms with E-state index in [4.69, 9.17) is 4.74 Å². The average Bonchev–Trinajstić information content (AvgIpc) is 2.75. The summed E-state index contributed by atoms with van der Waals surface area (Å²) in [6.45, 7) is 2.78. The van der Waals surface area contributed by atoms with Gasteiger partial charge in [0.2, 0.25) is 0 Å². The van der Waals surface area contributed by atoms with Crippen LogP contribution >= 0.6 is 0 Å². The van der Waals surface area contributed by atoms with E-state index in [0.717, 1.165) is 12.8 Å². The van der Waals surface area contributed by atoms with Crippen LogP contribution in [0.3, 0.4) is 0 Å². The molecular weight excluding hydrogens is 376 g/mol. The number of carbonyl (C=O) groups is 2. The molecule has 30 heavy (non-hydrogen) atoms. The lowest BCUT2D eigenvalue weighted by Crippen LogP contribution is -2.05. The number of carboxylic acid groups (broad SMARTS) is 1. The molecule has 0 heterocycles. The minimum absolute atomic E-state index is 0.0519. The van der Waals surface area contributed by atoms with E-state index < -0.39 is 5.97 Å². The molecule has 0 aliphatic rings. The Morgan fingerprint density at radius 3 is 1.70 bits per heavy atom. The summed E-state index contributed by atoms with van der Waals surface area (Å²) in [5.74, 6) is -0.727. The molecule has 1 N–H and O–H groups in total. The highest BCUT2D eigenvalue weighted by molar-refractivity contribution is 5.93. The molecule has 0 atom stereocenters. The molecule has 170 valence electrons. The fraction of sp³-hybridized carbons (Fsp3) is 0.692. The lowest BCUT2D eigenvalue weighted by atomic mass is 10.0. The summed E-state index contributed by atoms with van der Waals surface area (Å²) in [5.41, 5.74) is 0.401. The van der Waals surface area contributed by atoms with E-state index in [-0.39, 0.29) is 5.56 Å². The Morgan fingerprint density at radius 2 is 1.27 bits per heavy atom. The van der Waals surface area contributed by atoms with Gasteiger partial charge in [0.05, 0.1) is 6.61 Å². The molecule has 0 aromatic heterocycles. The quantitative estimate of drug-likeness (QED) is 0.173. The second-order valence-corrected chi connectivity index (χ2v) is 8.33. The van der Waals surface area contributed by atoms with E-state index in [9.17, 15) is 14.7 Å². The van der Waals surface area contributed by atoms with Crippen LogP contribution in [-0.4, -0.2) is 24.0 Å². The molecule has 0 radical (unpaired) electrons. The summed E-state index contributed by atoms with van der Waals surface area (Å²) < 4.78 is 5.62. The van der Waals surface area contributed by atoms with Gasteiger partial charge in [0.1, 0.15) is 17.6 Å². The maximum absolute atomic E-state index is 11.3. The average molecular weight is 419 g/mol.